The molecule has 1 rings (SSSR count). The maximum absolute atomic E-state index is 10.6. The van der Waals surface area contributed by atoms with Gasteiger partial charge in [-0.3, -0.25) is 4.79 Å². The van der Waals surface area contributed by atoms with E-state index in [0.29, 0.717) is 0 Å². The minimum absolute atomic E-state index is 0.0359. The summed E-state index contributed by atoms with van der Waals surface area (Å²) < 4.78 is 4.59. The molecule has 0 aromatic carbocycles. The number of hydrogen-bond donors (Lipinski definition) is 1. The molecule has 1 heterocycles. The number of rotatable bonds is 0. The van der Waals surface area contributed by atoms with E-state index >= 15 is 0 Å². The molecule has 0 bridgehead atoms. The lowest BCUT2D eigenvalue weighted by molar-refractivity contribution is -0.116. The molecule has 5 heteroatoms. The quantitative estimate of drug-likeness (QED) is 0.483. The van der Waals surface area contributed by atoms with E-state index in [0.717, 1.165) is 0 Å². The van der Waals surface area contributed by atoms with Gasteiger partial charge in [0.15, 0.2) is 0 Å². The Bertz CT molecular complexity index is 219. The number of amidine groups is 2. The number of hydrogen-bond acceptors (Lipinski definition) is 4. The van der Waals surface area contributed by atoms with Crippen LogP contribution in [0.1, 0.15) is 6.42 Å². The van der Waals surface area contributed by atoms with Crippen molar-refractivity contribution in [2.24, 2.45) is 15.7 Å². The molecule has 2 N–H and O–H groups in total. The van der Waals surface area contributed by atoms with E-state index in [9.17, 15) is 4.79 Å². The van der Waals surface area contributed by atoms with Crippen LogP contribution in [0.3, 0.4) is 0 Å². The van der Waals surface area contributed by atoms with Crippen LogP contribution in [0, 0.1) is 0 Å². The minimum atomic E-state index is -0.315. The van der Waals surface area contributed by atoms with Gasteiger partial charge in [0, 0.05) is 0 Å². The second kappa shape index (κ2) is 2.47. The molecule has 1 aliphatic heterocycles. The molecule has 0 saturated carbocycles. The SMILES string of the molecule is COC1=NC(=O)CC(N)=N1. The van der Waals surface area contributed by atoms with Crippen molar-refractivity contribution < 1.29 is 9.53 Å². The van der Waals surface area contributed by atoms with E-state index in [2.05, 4.69) is 14.7 Å². The molecule has 0 radical (unpaired) electrons. The summed E-state index contributed by atoms with van der Waals surface area (Å²) in [5.41, 5.74) is 5.26. The largest absolute Gasteiger partial charge is 0.467 e. The molecular formula is C5H7N3O2. The van der Waals surface area contributed by atoms with Gasteiger partial charge in [-0.15, -0.1) is 0 Å². The van der Waals surface area contributed by atoms with Crippen LogP contribution in [0.5, 0.6) is 0 Å². The molecule has 1 aliphatic rings. The van der Waals surface area contributed by atoms with Crippen LogP contribution in [0.25, 0.3) is 0 Å². The van der Waals surface area contributed by atoms with Gasteiger partial charge in [-0.05, 0) is 0 Å². The molecule has 0 spiro atoms. The first-order valence-electron chi connectivity index (χ1n) is 2.71. The highest BCUT2D eigenvalue weighted by molar-refractivity contribution is 6.10. The summed E-state index contributed by atoms with van der Waals surface area (Å²) >= 11 is 0. The number of amides is 1. The Balaban J connectivity index is 2.82. The van der Waals surface area contributed by atoms with E-state index in [-0.39, 0.29) is 24.2 Å². The normalized spacial score (nSPS) is 17.9. The molecule has 0 aliphatic carbocycles. The Labute approximate surface area is 57.6 Å². The average Bonchev–Trinajstić information content (AvgIpc) is 1.85. The third kappa shape index (κ3) is 1.31. The first-order chi connectivity index (χ1) is 4.72. The lowest BCUT2D eigenvalue weighted by Gasteiger charge is -2.04. The molecule has 0 aromatic heterocycles. The molecule has 10 heavy (non-hydrogen) atoms. The summed E-state index contributed by atoms with van der Waals surface area (Å²) in [6.45, 7) is 0. The van der Waals surface area contributed by atoms with Gasteiger partial charge in [0.1, 0.15) is 5.84 Å². The van der Waals surface area contributed by atoms with Crippen molar-refractivity contribution in [3.05, 3.63) is 0 Å². The Kier molecular flexibility index (Phi) is 1.66. The summed E-state index contributed by atoms with van der Waals surface area (Å²) in [5.74, 6) is -0.0683. The van der Waals surface area contributed by atoms with Crippen molar-refractivity contribution in [3.63, 3.8) is 0 Å². The zero-order valence-corrected chi connectivity index (χ0v) is 5.50. The van der Waals surface area contributed by atoms with Crippen LogP contribution in [0.15, 0.2) is 9.98 Å². The topological polar surface area (TPSA) is 77.0 Å². The summed E-state index contributed by atoms with van der Waals surface area (Å²) in [7, 11) is 1.38. The van der Waals surface area contributed by atoms with Crippen molar-refractivity contribution in [2.45, 2.75) is 6.42 Å². The molecule has 0 atom stereocenters. The maximum atomic E-state index is 10.6. The molecule has 0 aromatic rings. The van der Waals surface area contributed by atoms with Crippen molar-refractivity contribution in [3.8, 4) is 0 Å². The summed E-state index contributed by atoms with van der Waals surface area (Å²) in [5, 5.41) is 0. The predicted octanol–water partition coefficient (Wildman–Crippen LogP) is -0.724. The number of methoxy groups -OCH3 is 1. The number of ether oxygens (including phenoxy) is 1. The summed E-state index contributed by atoms with van der Waals surface area (Å²) in [6, 6.07) is 0.0359. The van der Waals surface area contributed by atoms with Crippen molar-refractivity contribution >= 4 is 17.8 Å². The maximum Gasteiger partial charge on any atom is 0.320 e. The van der Waals surface area contributed by atoms with E-state index in [1.54, 1.807) is 0 Å². The van der Waals surface area contributed by atoms with Gasteiger partial charge in [-0.2, -0.15) is 9.98 Å². The van der Waals surface area contributed by atoms with Crippen LogP contribution < -0.4 is 5.73 Å². The van der Waals surface area contributed by atoms with E-state index in [1.807, 2.05) is 0 Å². The van der Waals surface area contributed by atoms with Gasteiger partial charge in [-0.1, -0.05) is 0 Å². The smallest absolute Gasteiger partial charge is 0.320 e. The number of carbonyl (C=O) groups is 1. The molecule has 0 unspecified atom stereocenters. The van der Waals surface area contributed by atoms with Crippen molar-refractivity contribution in [1.82, 2.24) is 0 Å². The molecule has 0 saturated heterocycles. The summed E-state index contributed by atoms with van der Waals surface area (Å²) in [4.78, 5) is 17.7. The summed E-state index contributed by atoms with van der Waals surface area (Å²) in [6.07, 6.45) is 0.0901. The highest BCUT2D eigenvalue weighted by Crippen LogP contribution is 1.96. The van der Waals surface area contributed by atoms with Gasteiger partial charge < -0.3 is 10.5 Å². The standard InChI is InChI=1S/C5H7N3O2/c1-10-5-7-3(6)2-4(9)8-5/h2H2,1H3,(H2,6,7,8,9). The van der Waals surface area contributed by atoms with Crippen molar-refractivity contribution in [2.75, 3.05) is 7.11 Å². The number of carbonyl (C=O) groups excluding carboxylic acids is 1. The fraction of sp³-hybridized carbons (Fsp3) is 0.400. The first-order valence-corrected chi connectivity index (χ1v) is 2.71. The Morgan fingerprint density at radius 3 is 2.80 bits per heavy atom. The average molecular weight is 141 g/mol. The number of nitrogens with zero attached hydrogens (tertiary/aromatic N) is 2. The van der Waals surface area contributed by atoms with Crippen molar-refractivity contribution in [1.29, 1.82) is 0 Å². The van der Waals surface area contributed by atoms with Gasteiger partial charge in [0.25, 0.3) is 5.91 Å². The Morgan fingerprint density at radius 1 is 1.60 bits per heavy atom. The zero-order valence-electron chi connectivity index (χ0n) is 5.50. The zero-order chi connectivity index (χ0) is 7.56. The number of aliphatic imine (C=N–C) groups is 2. The third-order valence-electron chi connectivity index (χ3n) is 0.975. The monoisotopic (exact) mass is 141 g/mol. The minimum Gasteiger partial charge on any atom is -0.467 e. The van der Waals surface area contributed by atoms with Crippen LogP contribution >= 0.6 is 0 Å². The highest BCUT2D eigenvalue weighted by Gasteiger charge is 2.12. The lowest BCUT2D eigenvalue weighted by atomic mass is 10.4. The van der Waals surface area contributed by atoms with Crippen LogP contribution in [-0.4, -0.2) is 24.9 Å². The van der Waals surface area contributed by atoms with Gasteiger partial charge >= 0.3 is 6.02 Å². The van der Waals surface area contributed by atoms with Crippen LogP contribution in [0.2, 0.25) is 0 Å². The van der Waals surface area contributed by atoms with Gasteiger partial charge in [0.2, 0.25) is 0 Å². The van der Waals surface area contributed by atoms with Gasteiger partial charge in [-0.25, -0.2) is 0 Å². The molecule has 0 fully saturated rings. The Hall–Kier alpha value is -1.39. The molecular weight excluding hydrogens is 134 g/mol. The molecule has 54 valence electrons. The fourth-order valence-corrected chi connectivity index (χ4v) is 0.580. The Morgan fingerprint density at radius 2 is 2.30 bits per heavy atom. The van der Waals surface area contributed by atoms with Gasteiger partial charge in [0.05, 0.1) is 13.5 Å². The van der Waals surface area contributed by atoms with Crippen LogP contribution in [0.4, 0.5) is 0 Å². The second-order valence-corrected chi connectivity index (χ2v) is 1.77. The van der Waals surface area contributed by atoms with Crippen LogP contribution in [-0.2, 0) is 9.53 Å². The molecule has 1 amide bonds. The number of nitrogens with two attached hydrogens (primary N) is 1. The van der Waals surface area contributed by atoms with E-state index in [4.69, 9.17) is 5.73 Å². The second-order valence-electron chi connectivity index (χ2n) is 1.77. The van der Waals surface area contributed by atoms with E-state index in [1.165, 1.54) is 7.11 Å². The highest BCUT2D eigenvalue weighted by atomic mass is 16.5. The van der Waals surface area contributed by atoms with E-state index < -0.39 is 0 Å². The predicted molar refractivity (Wildman–Crippen MR) is 35.7 cm³/mol. The molecule has 5 nitrogen and oxygen atoms in total. The fourth-order valence-electron chi connectivity index (χ4n) is 0.580. The third-order valence-corrected chi connectivity index (χ3v) is 0.975. The lowest BCUT2D eigenvalue weighted by Crippen LogP contribution is -2.23. The first kappa shape index (κ1) is 6.73.